The minimum Gasteiger partial charge on any atom is -0.467 e. The first-order chi connectivity index (χ1) is 12.0. The molecule has 0 saturated carbocycles. The second kappa shape index (κ2) is 9.33. The van der Waals surface area contributed by atoms with Gasteiger partial charge in [0.1, 0.15) is 5.75 Å². The Hall–Kier alpha value is -1.41. The summed E-state index contributed by atoms with van der Waals surface area (Å²) >= 11 is 0. The van der Waals surface area contributed by atoms with E-state index in [0.717, 1.165) is 24.2 Å². The van der Waals surface area contributed by atoms with Crippen LogP contribution in [0, 0.1) is 6.92 Å². The third-order valence-corrected chi connectivity index (χ3v) is 6.24. The molecular weight excluding hydrogens is 331 g/mol. The molecule has 2 aromatic carbocycles. The van der Waals surface area contributed by atoms with Gasteiger partial charge in [-0.15, -0.1) is 0 Å². The molecule has 2 unspecified atom stereocenters. The average Bonchev–Trinajstić information content (AvgIpc) is 2.61. The summed E-state index contributed by atoms with van der Waals surface area (Å²) in [6.45, 7) is 6.95. The van der Waals surface area contributed by atoms with Crippen LogP contribution in [-0.4, -0.2) is 19.0 Å². The van der Waals surface area contributed by atoms with E-state index in [4.69, 9.17) is 9.47 Å². The maximum absolute atomic E-state index is 9.69. The fourth-order valence-corrected chi connectivity index (χ4v) is 4.97. The first kappa shape index (κ1) is 19.9. The molecule has 136 valence electrons. The lowest BCUT2D eigenvalue weighted by Crippen LogP contribution is -2.22. The largest absolute Gasteiger partial charge is 0.467 e. The molecule has 2 atom stereocenters. The second-order valence-corrected chi connectivity index (χ2v) is 8.47. The zero-order valence-electron chi connectivity index (χ0n) is 15.6. The minimum atomic E-state index is -0.0465. The third-order valence-electron chi connectivity index (χ3n) is 4.41. The Balaban J connectivity index is 2.46. The van der Waals surface area contributed by atoms with Crippen molar-refractivity contribution >= 4 is 13.9 Å². The van der Waals surface area contributed by atoms with Crippen molar-refractivity contribution in [3.8, 4) is 5.75 Å². The van der Waals surface area contributed by atoms with E-state index in [1.165, 1.54) is 16.4 Å². The fraction of sp³-hybridized carbons (Fsp3) is 0.429. The lowest BCUT2D eigenvalue weighted by Gasteiger charge is -2.33. The molecule has 0 bridgehead atoms. The van der Waals surface area contributed by atoms with Gasteiger partial charge >= 0.3 is 0 Å². The Morgan fingerprint density at radius 2 is 1.92 bits per heavy atom. The van der Waals surface area contributed by atoms with Crippen LogP contribution >= 0.6 is 8.58 Å². The Kier molecular flexibility index (Phi) is 7.43. The summed E-state index contributed by atoms with van der Waals surface area (Å²) in [5, 5.41) is 10.9. The van der Waals surface area contributed by atoms with Crippen LogP contribution in [0.5, 0.6) is 5.75 Å². The summed E-state index contributed by atoms with van der Waals surface area (Å²) in [4.78, 5) is 0. The van der Waals surface area contributed by atoms with E-state index in [1.54, 1.807) is 7.11 Å². The number of rotatable bonds is 9. The number of ether oxygens (including phenoxy) is 2. The van der Waals surface area contributed by atoms with Crippen LogP contribution in [0.2, 0.25) is 0 Å². The minimum absolute atomic E-state index is 0.0465. The molecule has 0 spiro atoms. The molecule has 4 heteroatoms. The van der Waals surface area contributed by atoms with E-state index in [9.17, 15) is 5.11 Å². The van der Waals surface area contributed by atoms with Crippen molar-refractivity contribution in [2.45, 2.75) is 45.4 Å². The molecule has 0 amide bonds. The van der Waals surface area contributed by atoms with E-state index in [1.807, 2.05) is 24.3 Å². The highest BCUT2D eigenvalue weighted by atomic mass is 31.1. The van der Waals surface area contributed by atoms with Crippen LogP contribution in [0.1, 0.15) is 43.4 Å². The predicted molar refractivity (Wildman–Crippen MR) is 106 cm³/mol. The number of benzene rings is 2. The molecule has 3 nitrogen and oxygen atoms in total. The van der Waals surface area contributed by atoms with Gasteiger partial charge < -0.3 is 14.6 Å². The van der Waals surface area contributed by atoms with Gasteiger partial charge in [-0.2, -0.15) is 0 Å². The zero-order valence-corrected chi connectivity index (χ0v) is 16.6. The van der Waals surface area contributed by atoms with Gasteiger partial charge in [0.25, 0.3) is 0 Å². The lowest BCUT2D eigenvalue weighted by atomic mass is 9.93. The highest BCUT2D eigenvalue weighted by Gasteiger charge is 2.30. The molecule has 0 aliphatic carbocycles. The van der Waals surface area contributed by atoms with E-state index in [2.05, 4.69) is 39.0 Å². The Morgan fingerprint density at radius 3 is 2.60 bits per heavy atom. The van der Waals surface area contributed by atoms with Crippen LogP contribution in [0.3, 0.4) is 0 Å². The maximum atomic E-state index is 9.69. The SMILES string of the molecule is CCCC(C)(Pc1ccccc1CO)c1cc(C)ccc1OCOC. The first-order valence-corrected chi connectivity index (χ1v) is 9.74. The van der Waals surface area contributed by atoms with Crippen LogP contribution in [0.15, 0.2) is 42.5 Å². The molecule has 0 fully saturated rings. The maximum Gasteiger partial charge on any atom is 0.188 e. The standard InChI is InChI=1S/C21H29O3P/c1-5-12-21(3,25-20-9-7-6-8-17(20)14-22)18-13-16(2)10-11-19(18)24-15-23-4/h6-11,13,22,25H,5,12,14-15H2,1-4H3. The summed E-state index contributed by atoms with van der Waals surface area (Å²) in [5.74, 6) is 0.886. The summed E-state index contributed by atoms with van der Waals surface area (Å²) < 4.78 is 11.0. The summed E-state index contributed by atoms with van der Waals surface area (Å²) in [5.41, 5.74) is 3.45. The van der Waals surface area contributed by atoms with Crippen molar-refractivity contribution in [2.75, 3.05) is 13.9 Å². The number of methoxy groups -OCH3 is 1. The molecular formula is C21H29O3P. The summed E-state index contributed by atoms with van der Waals surface area (Å²) in [6, 6.07) is 14.5. The third kappa shape index (κ3) is 5.04. The van der Waals surface area contributed by atoms with Gasteiger partial charge in [0.05, 0.1) is 6.61 Å². The highest BCUT2D eigenvalue weighted by Crippen LogP contribution is 2.48. The van der Waals surface area contributed by atoms with Gasteiger partial charge in [-0.1, -0.05) is 70.8 Å². The highest BCUT2D eigenvalue weighted by molar-refractivity contribution is 7.48. The summed E-state index contributed by atoms with van der Waals surface area (Å²) in [7, 11) is 2.19. The lowest BCUT2D eigenvalue weighted by molar-refractivity contribution is 0.0500. The number of aliphatic hydroxyl groups excluding tert-OH is 1. The second-order valence-electron chi connectivity index (χ2n) is 6.57. The number of hydrogen-bond donors (Lipinski definition) is 1. The van der Waals surface area contributed by atoms with Crippen molar-refractivity contribution in [3.63, 3.8) is 0 Å². The smallest absolute Gasteiger partial charge is 0.188 e. The molecule has 0 heterocycles. The van der Waals surface area contributed by atoms with Crippen molar-refractivity contribution in [3.05, 3.63) is 59.2 Å². The Bertz CT molecular complexity index is 687. The number of hydrogen-bond acceptors (Lipinski definition) is 3. The molecule has 0 aromatic heterocycles. The first-order valence-electron chi connectivity index (χ1n) is 8.74. The van der Waals surface area contributed by atoms with Crippen LogP contribution in [0.25, 0.3) is 0 Å². The number of aryl methyl sites for hydroxylation is 1. The van der Waals surface area contributed by atoms with E-state index in [-0.39, 0.29) is 18.6 Å². The van der Waals surface area contributed by atoms with Gasteiger partial charge in [-0.25, -0.2) is 0 Å². The van der Waals surface area contributed by atoms with Gasteiger partial charge in [0.2, 0.25) is 0 Å². The molecule has 2 aromatic rings. The van der Waals surface area contributed by atoms with Crippen molar-refractivity contribution in [2.24, 2.45) is 0 Å². The van der Waals surface area contributed by atoms with Gasteiger partial charge in [-0.05, 0) is 30.3 Å². The van der Waals surface area contributed by atoms with E-state index in [0.29, 0.717) is 8.58 Å². The molecule has 0 aliphatic heterocycles. The van der Waals surface area contributed by atoms with Crippen molar-refractivity contribution in [1.82, 2.24) is 0 Å². The average molecular weight is 360 g/mol. The summed E-state index contributed by atoms with van der Waals surface area (Å²) in [6.07, 6.45) is 2.14. The Labute approximate surface area is 153 Å². The monoisotopic (exact) mass is 360 g/mol. The van der Waals surface area contributed by atoms with Crippen LogP contribution in [0.4, 0.5) is 0 Å². The normalized spacial score (nSPS) is 14.0. The van der Waals surface area contributed by atoms with Crippen LogP contribution < -0.4 is 10.0 Å². The van der Waals surface area contributed by atoms with Crippen LogP contribution in [-0.2, 0) is 16.5 Å². The molecule has 25 heavy (non-hydrogen) atoms. The van der Waals surface area contributed by atoms with E-state index < -0.39 is 0 Å². The molecule has 1 N–H and O–H groups in total. The molecule has 2 rings (SSSR count). The van der Waals surface area contributed by atoms with Gasteiger partial charge in [-0.3, -0.25) is 0 Å². The fourth-order valence-electron chi connectivity index (χ4n) is 3.17. The zero-order chi connectivity index (χ0) is 18.3. The van der Waals surface area contributed by atoms with Crippen molar-refractivity contribution in [1.29, 1.82) is 0 Å². The van der Waals surface area contributed by atoms with Gasteiger partial charge in [0.15, 0.2) is 6.79 Å². The quantitative estimate of drug-likeness (QED) is 0.529. The topological polar surface area (TPSA) is 38.7 Å². The Morgan fingerprint density at radius 1 is 1.16 bits per heavy atom. The van der Waals surface area contributed by atoms with Gasteiger partial charge in [0, 0.05) is 17.8 Å². The predicted octanol–water partition coefficient (Wildman–Crippen LogP) is 4.49. The van der Waals surface area contributed by atoms with E-state index >= 15 is 0 Å². The molecule has 0 aliphatic rings. The number of aliphatic hydroxyl groups is 1. The van der Waals surface area contributed by atoms with Crippen molar-refractivity contribution < 1.29 is 14.6 Å². The molecule has 0 radical (unpaired) electrons. The molecule has 0 saturated heterocycles.